The lowest BCUT2D eigenvalue weighted by atomic mass is 10.1. The van der Waals surface area contributed by atoms with Gasteiger partial charge in [0.1, 0.15) is 17.7 Å². The van der Waals surface area contributed by atoms with Crippen LogP contribution in [0.1, 0.15) is 23.8 Å². The first-order chi connectivity index (χ1) is 17.3. The number of imidazole rings is 1. The van der Waals surface area contributed by atoms with E-state index in [0.717, 1.165) is 11.1 Å². The summed E-state index contributed by atoms with van der Waals surface area (Å²) in [6.45, 7) is 0.514. The number of anilines is 2. The summed E-state index contributed by atoms with van der Waals surface area (Å²) in [4.78, 5) is 36.2. The van der Waals surface area contributed by atoms with Crippen molar-refractivity contribution in [1.29, 1.82) is 0 Å². The molecule has 3 aromatic rings. The molecule has 1 aromatic carbocycles. The largest absolute Gasteiger partial charge is 0.469 e. The molecular weight excluding hydrogens is 470 g/mol. The molecule has 1 fully saturated rings. The number of nitrogens with one attached hydrogen (secondary N) is 2. The number of nitrogens with two attached hydrogens (primary N) is 1. The maximum absolute atomic E-state index is 12.0. The zero-order valence-electron chi connectivity index (χ0n) is 19.9. The van der Waals surface area contributed by atoms with Gasteiger partial charge in [0.2, 0.25) is 5.95 Å². The molecule has 0 saturated carbocycles. The highest BCUT2D eigenvalue weighted by atomic mass is 16.6. The number of nitrogen functional groups attached to an aromatic ring is 1. The van der Waals surface area contributed by atoms with Crippen LogP contribution in [0.3, 0.4) is 0 Å². The van der Waals surface area contributed by atoms with Crippen LogP contribution < -0.4 is 16.4 Å². The molecule has 2 aromatic heterocycles. The van der Waals surface area contributed by atoms with Crippen molar-refractivity contribution in [1.82, 2.24) is 24.8 Å². The Morgan fingerprint density at radius 2 is 1.83 bits per heavy atom. The number of aliphatic hydroxyl groups excluding tert-OH is 2. The van der Waals surface area contributed by atoms with Gasteiger partial charge in [0.15, 0.2) is 23.8 Å². The molecule has 192 valence electrons. The Morgan fingerprint density at radius 3 is 2.50 bits per heavy atom. The van der Waals surface area contributed by atoms with E-state index in [1.807, 2.05) is 24.3 Å². The topological polar surface area (TPSA) is 187 Å². The fourth-order valence-electron chi connectivity index (χ4n) is 3.99. The molecule has 0 unspecified atom stereocenters. The monoisotopic (exact) mass is 499 g/mol. The minimum Gasteiger partial charge on any atom is -0.469 e. The molecular formula is C23H29N7O6. The Kier molecular flexibility index (Phi) is 7.62. The van der Waals surface area contributed by atoms with Crippen LogP contribution in [-0.4, -0.2) is 80.6 Å². The van der Waals surface area contributed by atoms with Crippen LogP contribution in [0, 0.1) is 0 Å². The fraction of sp³-hybridized carbons (Fsp3) is 0.435. The van der Waals surface area contributed by atoms with E-state index in [1.165, 1.54) is 25.1 Å². The van der Waals surface area contributed by atoms with Crippen LogP contribution in [0.2, 0.25) is 0 Å². The molecule has 4 atom stereocenters. The summed E-state index contributed by atoms with van der Waals surface area (Å²) in [6, 6.07) is 7.94. The van der Waals surface area contributed by atoms with Crippen LogP contribution in [0.15, 0.2) is 30.6 Å². The molecule has 1 amide bonds. The fourth-order valence-corrected chi connectivity index (χ4v) is 3.99. The van der Waals surface area contributed by atoms with Crippen molar-refractivity contribution in [3.8, 4) is 0 Å². The molecule has 36 heavy (non-hydrogen) atoms. The number of amides is 1. The number of methoxy groups -OCH3 is 1. The van der Waals surface area contributed by atoms with E-state index in [2.05, 4.69) is 30.3 Å². The summed E-state index contributed by atoms with van der Waals surface area (Å²) in [6.07, 6.45) is -2.13. The van der Waals surface area contributed by atoms with E-state index in [4.69, 9.17) is 10.5 Å². The highest BCUT2D eigenvalue weighted by Crippen LogP contribution is 2.32. The Morgan fingerprint density at radius 1 is 1.14 bits per heavy atom. The molecule has 1 aliphatic heterocycles. The number of rotatable bonds is 9. The van der Waals surface area contributed by atoms with Crippen molar-refractivity contribution in [2.24, 2.45) is 0 Å². The number of nitrogens with zero attached hydrogens (tertiary/aromatic N) is 4. The van der Waals surface area contributed by atoms with Crippen LogP contribution in [0.25, 0.3) is 11.2 Å². The van der Waals surface area contributed by atoms with E-state index in [1.54, 1.807) is 0 Å². The third kappa shape index (κ3) is 5.22. The molecule has 0 radical (unpaired) electrons. The van der Waals surface area contributed by atoms with E-state index < -0.39 is 30.4 Å². The summed E-state index contributed by atoms with van der Waals surface area (Å²) >= 11 is 0. The smallest absolute Gasteiger partial charge is 0.305 e. The number of hydrogen-bond donors (Lipinski definition) is 5. The molecule has 3 heterocycles. The average molecular weight is 500 g/mol. The lowest BCUT2D eigenvalue weighted by Crippen LogP contribution is -2.41. The second-order valence-corrected chi connectivity index (χ2v) is 8.37. The van der Waals surface area contributed by atoms with Gasteiger partial charge in [0.05, 0.1) is 13.4 Å². The first kappa shape index (κ1) is 25.3. The maximum atomic E-state index is 12.0. The van der Waals surface area contributed by atoms with E-state index in [0.29, 0.717) is 31.3 Å². The second-order valence-electron chi connectivity index (χ2n) is 8.37. The number of aliphatic hydroxyl groups is 2. The molecule has 13 heteroatoms. The van der Waals surface area contributed by atoms with E-state index in [9.17, 15) is 19.8 Å². The minimum atomic E-state index is -1.42. The lowest BCUT2D eigenvalue weighted by Gasteiger charge is -2.16. The summed E-state index contributed by atoms with van der Waals surface area (Å²) in [5.41, 5.74) is 8.79. The summed E-state index contributed by atoms with van der Waals surface area (Å²) in [5, 5.41) is 26.3. The van der Waals surface area contributed by atoms with Gasteiger partial charge >= 0.3 is 5.97 Å². The van der Waals surface area contributed by atoms with Crippen molar-refractivity contribution in [2.75, 3.05) is 31.8 Å². The number of aryl methyl sites for hydroxylation is 1. The number of benzene rings is 1. The van der Waals surface area contributed by atoms with Crippen molar-refractivity contribution in [2.45, 2.75) is 43.8 Å². The number of ether oxygens (including phenoxy) is 2. The molecule has 0 spiro atoms. The first-order valence-corrected chi connectivity index (χ1v) is 11.4. The summed E-state index contributed by atoms with van der Waals surface area (Å²) in [7, 11) is 2.79. The first-order valence-electron chi connectivity index (χ1n) is 11.4. The van der Waals surface area contributed by atoms with Crippen molar-refractivity contribution in [3.63, 3.8) is 0 Å². The van der Waals surface area contributed by atoms with Crippen molar-refractivity contribution < 1.29 is 29.3 Å². The second kappa shape index (κ2) is 10.8. The Hall–Kier alpha value is -3.81. The lowest BCUT2D eigenvalue weighted by molar-refractivity contribution is -0.140. The summed E-state index contributed by atoms with van der Waals surface area (Å²) in [5.74, 6) is -0.404. The number of fused-ring (bicyclic) bond motifs is 1. The Balaban J connectivity index is 1.43. The SMILES string of the molecule is CNC(=O)[C@H]1O[C@@H](n2cnc3c(N)nc(NCCc4ccc(CCC(=O)OC)cc4)nc32)[C@H](O)[C@@H]1O. The van der Waals surface area contributed by atoms with Crippen molar-refractivity contribution >= 4 is 34.8 Å². The Labute approximate surface area is 206 Å². The van der Waals surface area contributed by atoms with Gasteiger partial charge in [0.25, 0.3) is 5.91 Å². The van der Waals surface area contributed by atoms with Crippen molar-refractivity contribution in [3.05, 3.63) is 41.7 Å². The number of carbonyl (C=O) groups is 2. The predicted molar refractivity (Wildman–Crippen MR) is 129 cm³/mol. The third-order valence-electron chi connectivity index (χ3n) is 6.03. The van der Waals surface area contributed by atoms with Crippen LogP contribution in [-0.2, 0) is 31.9 Å². The summed E-state index contributed by atoms with van der Waals surface area (Å²) < 4.78 is 11.7. The van der Waals surface area contributed by atoms with Gasteiger partial charge in [-0.25, -0.2) is 4.98 Å². The number of esters is 1. The van der Waals surface area contributed by atoms with Crippen LogP contribution >= 0.6 is 0 Å². The van der Waals surface area contributed by atoms with E-state index >= 15 is 0 Å². The van der Waals surface area contributed by atoms with Gasteiger partial charge in [-0.05, 0) is 24.0 Å². The Bertz CT molecular complexity index is 1230. The van der Waals surface area contributed by atoms with Gasteiger partial charge in [-0.15, -0.1) is 0 Å². The normalized spacial score (nSPS) is 21.4. The third-order valence-corrected chi connectivity index (χ3v) is 6.03. The quantitative estimate of drug-likeness (QED) is 0.240. The zero-order chi connectivity index (χ0) is 25.8. The van der Waals surface area contributed by atoms with Crippen LogP contribution in [0.5, 0.6) is 0 Å². The van der Waals surface area contributed by atoms with Gasteiger partial charge in [0, 0.05) is 20.0 Å². The predicted octanol–water partition coefficient (Wildman–Crippen LogP) is -0.466. The standard InChI is InChI=1S/C23H29N7O6/c1-25-21(34)18-16(32)17(33)22(36-18)30-11-27-15-19(24)28-23(29-20(15)30)26-10-9-13-5-3-12(4-6-13)7-8-14(31)35-2/h3-6,11,16-18,22,32-33H,7-10H2,1-2H3,(H,25,34)(H3,24,26,28,29)/t16-,17+,18-,22+/m0/s1. The van der Waals surface area contributed by atoms with Gasteiger partial charge in [-0.1, -0.05) is 24.3 Å². The number of likely N-dealkylation sites (N-methyl/N-ethyl adjacent to an activating group) is 1. The number of aromatic nitrogens is 4. The molecule has 13 nitrogen and oxygen atoms in total. The van der Waals surface area contributed by atoms with Gasteiger partial charge < -0.3 is 36.1 Å². The molecule has 1 aliphatic rings. The highest BCUT2D eigenvalue weighted by Gasteiger charge is 2.47. The molecule has 1 saturated heterocycles. The maximum Gasteiger partial charge on any atom is 0.305 e. The molecule has 0 bridgehead atoms. The molecule has 6 N–H and O–H groups in total. The van der Waals surface area contributed by atoms with Crippen LogP contribution in [0.4, 0.5) is 11.8 Å². The average Bonchev–Trinajstić information content (AvgIpc) is 3.43. The zero-order valence-corrected chi connectivity index (χ0v) is 19.9. The number of hydrogen-bond acceptors (Lipinski definition) is 11. The molecule has 0 aliphatic carbocycles. The van der Waals surface area contributed by atoms with E-state index in [-0.39, 0.29) is 23.4 Å². The van der Waals surface area contributed by atoms with Gasteiger partial charge in [-0.2, -0.15) is 9.97 Å². The number of carbonyl (C=O) groups excluding carboxylic acids is 2. The molecule has 4 rings (SSSR count). The van der Waals surface area contributed by atoms with Gasteiger partial charge in [-0.3, -0.25) is 14.2 Å². The highest BCUT2D eigenvalue weighted by molar-refractivity contribution is 5.83. The minimum absolute atomic E-state index is 0.132.